The lowest BCUT2D eigenvalue weighted by molar-refractivity contribution is 0.0953. The highest BCUT2D eigenvalue weighted by molar-refractivity contribution is 9.11. The zero-order valence-electron chi connectivity index (χ0n) is 13.6. The Hall–Kier alpha value is -1.31. The molecule has 1 saturated heterocycles. The highest BCUT2D eigenvalue weighted by Gasteiger charge is 2.21. The fourth-order valence-corrected chi connectivity index (χ4v) is 3.69. The molecule has 24 heavy (non-hydrogen) atoms. The predicted octanol–water partition coefficient (Wildman–Crippen LogP) is 4.13. The third-order valence-electron chi connectivity index (χ3n) is 3.83. The van der Waals surface area contributed by atoms with E-state index in [0.29, 0.717) is 0 Å². The minimum Gasteiger partial charge on any atom is -0.497 e. The zero-order valence-corrected chi connectivity index (χ0v) is 16.0. The number of hydrogen-bond donors (Lipinski definition) is 0. The quantitative estimate of drug-likeness (QED) is 0.643. The number of rotatable bonds is 7. The van der Waals surface area contributed by atoms with E-state index in [9.17, 15) is 0 Å². The van der Waals surface area contributed by atoms with Gasteiger partial charge in [-0.3, -0.25) is 4.57 Å². The lowest BCUT2D eigenvalue weighted by Crippen LogP contribution is -2.16. The minimum absolute atomic E-state index is 0.226. The molecule has 1 aromatic carbocycles. The summed E-state index contributed by atoms with van der Waals surface area (Å²) < 4.78 is 14.1. The van der Waals surface area contributed by atoms with Crippen LogP contribution in [0.4, 0.5) is 0 Å². The number of halogens is 1. The predicted molar refractivity (Wildman–Crippen MR) is 99.8 cm³/mol. The molecule has 1 aliphatic heterocycles. The summed E-state index contributed by atoms with van der Waals surface area (Å²) in [6.07, 6.45) is 2.42. The van der Waals surface area contributed by atoms with Gasteiger partial charge in [0.1, 0.15) is 5.75 Å². The van der Waals surface area contributed by atoms with Gasteiger partial charge in [-0.2, -0.15) is 0 Å². The second-order valence-electron chi connectivity index (χ2n) is 5.59. The molecule has 1 aromatic heterocycles. The largest absolute Gasteiger partial charge is 0.497 e. The molecule has 2 aromatic rings. The number of thioether (sulfide) groups is 1. The Bertz CT molecular complexity index is 696. The van der Waals surface area contributed by atoms with Crippen LogP contribution in [0.2, 0.25) is 0 Å². The minimum atomic E-state index is 0.226. The van der Waals surface area contributed by atoms with Gasteiger partial charge in [0.25, 0.3) is 0 Å². The number of nitrogens with zero attached hydrogens (tertiary/aromatic N) is 3. The molecule has 3 rings (SSSR count). The third-order valence-corrected chi connectivity index (χ3v) is 5.54. The second-order valence-corrected chi connectivity index (χ2v) is 7.65. The fourth-order valence-electron chi connectivity index (χ4n) is 2.65. The summed E-state index contributed by atoms with van der Waals surface area (Å²) in [5, 5.41) is 9.68. The number of methoxy groups -OCH3 is 1. The molecule has 0 aliphatic carbocycles. The van der Waals surface area contributed by atoms with Crippen molar-refractivity contribution in [3.63, 3.8) is 0 Å². The van der Waals surface area contributed by atoms with Crippen molar-refractivity contribution in [3.05, 3.63) is 35.3 Å². The van der Waals surface area contributed by atoms with Gasteiger partial charge in [-0.05, 0) is 41.6 Å². The number of benzene rings is 1. The number of hydrogen-bond acceptors (Lipinski definition) is 5. The summed E-state index contributed by atoms with van der Waals surface area (Å²) in [7, 11) is 1.66. The molecule has 1 fully saturated rings. The van der Waals surface area contributed by atoms with E-state index >= 15 is 0 Å². The topological polar surface area (TPSA) is 49.2 Å². The van der Waals surface area contributed by atoms with Crippen molar-refractivity contribution in [2.24, 2.45) is 0 Å². The van der Waals surface area contributed by atoms with Crippen molar-refractivity contribution in [1.29, 1.82) is 0 Å². The first kappa shape index (κ1) is 17.5. The molecule has 5 nitrogen and oxygen atoms in total. The van der Waals surface area contributed by atoms with Gasteiger partial charge in [0, 0.05) is 17.9 Å². The van der Waals surface area contributed by atoms with Crippen molar-refractivity contribution in [3.8, 4) is 17.1 Å². The van der Waals surface area contributed by atoms with E-state index in [1.807, 2.05) is 24.3 Å². The van der Waals surface area contributed by atoms with Gasteiger partial charge >= 0.3 is 0 Å². The average molecular weight is 410 g/mol. The maximum atomic E-state index is 5.80. The number of ether oxygens (including phenoxy) is 2. The first-order valence-corrected chi connectivity index (χ1v) is 9.60. The van der Waals surface area contributed by atoms with E-state index in [0.717, 1.165) is 58.5 Å². The average Bonchev–Trinajstić information content (AvgIpc) is 3.23. The maximum absolute atomic E-state index is 5.80. The number of aromatic nitrogens is 3. The molecule has 1 unspecified atom stereocenters. The summed E-state index contributed by atoms with van der Waals surface area (Å²) in [4.78, 5) is 0. The second kappa shape index (κ2) is 8.18. The van der Waals surface area contributed by atoms with Crippen molar-refractivity contribution < 1.29 is 9.47 Å². The first-order valence-electron chi connectivity index (χ1n) is 7.82. The lowest BCUT2D eigenvalue weighted by atomic mass is 10.2. The van der Waals surface area contributed by atoms with Crippen LogP contribution in [-0.4, -0.2) is 40.3 Å². The van der Waals surface area contributed by atoms with Gasteiger partial charge in [0.2, 0.25) is 0 Å². The molecule has 0 radical (unpaired) electrons. The Kier molecular flexibility index (Phi) is 5.97. The van der Waals surface area contributed by atoms with E-state index in [4.69, 9.17) is 9.47 Å². The zero-order chi connectivity index (χ0) is 16.9. The van der Waals surface area contributed by atoms with Gasteiger partial charge in [-0.15, -0.1) is 10.2 Å². The van der Waals surface area contributed by atoms with Crippen LogP contribution in [0.5, 0.6) is 5.75 Å². The molecular weight excluding hydrogens is 390 g/mol. The summed E-state index contributed by atoms with van der Waals surface area (Å²) in [6, 6.07) is 7.89. The standard InChI is InChI=1S/C17H20BrN3O2S/c1-12(18)11-24-17-20-19-16(13-5-7-14(22-2)8-6-13)21(17)10-15-4-3-9-23-15/h5-8,15H,1,3-4,9-11H2,2H3. The monoisotopic (exact) mass is 409 g/mol. The third kappa shape index (κ3) is 4.20. The lowest BCUT2D eigenvalue weighted by Gasteiger charge is -2.14. The van der Waals surface area contributed by atoms with Crippen molar-refractivity contribution in [1.82, 2.24) is 14.8 Å². The Morgan fingerprint density at radius 2 is 2.21 bits per heavy atom. The Labute approximate surface area is 154 Å². The SMILES string of the molecule is C=C(Br)CSc1nnc(-c2ccc(OC)cc2)n1CC1CCCO1. The summed E-state index contributed by atoms with van der Waals surface area (Å²) >= 11 is 5.03. The van der Waals surface area contributed by atoms with Crippen molar-refractivity contribution in [2.45, 2.75) is 30.6 Å². The molecule has 2 heterocycles. The molecule has 0 amide bonds. The van der Waals surface area contributed by atoms with Crippen molar-refractivity contribution >= 4 is 27.7 Å². The molecule has 0 N–H and O–H groups in total. The van der Waals surface area contributed by atoms with E-state index in [1.165, 1.54) is 0 Å². The molecule has 1 aliphatic rings. The molecule has 7 heteroatoms. The van der Waals surface area contributed by atoms with Crippen LogP contribution < -0.4 is 4.74 Å². The van der Waals surface area contributed by atoms with Crippen LogP contribution in [0.3, 0.4) is 0 Å². The highest BCUT2D eigenvalue weighted by atomic mass is 79.9. The van der Waals surface area contributed by atoms with Gasteiger partial charge in [0.05, 0.1) is 19.8 Å². The molecule has 0 bridgehead atoms. The van der Waals surface area contributed by atoms with Crippen molar-refractivity contribution in [2.75, 3.05) is 19.5 Å². The summed E-state index contributed by atoms with van der Waals surface area (Å²) in [5.74, 6) is 2.44. The van der Waals surface area contributed by atoms with Crippen LogP contribution in [0, 0.1) is 0 Å². The van der Waals surface area contributed by atoms with Gasteiger partial charge in [-0.1, -0.05) is 34.3 Å². The van der Waals surface area contributed by atoms with Gasteiger partial charge < -0.3 is 9.47 Å². The maximum Gasteiger partial charge on any atom is 0.191 e. The summed E-state index contributed by atoms with van der Waals surface area (Å²) in [6.45, 7) is 5.49. The van der Waals surface area contributed by atoms with E-state index < -0.39 is 0 Å². The molecule has 1 atom stereocenters. The van der Waals surface area contributed by atoms with E-state index in [2.05, 4.69) is 37.3 Å². The highest BCUT2D eigenvalue weighted by Crippen LogP contribution is 2.28. The van der Waals surface area contributed by atoms with Gasteiger partial charge in [0.15, 0.2) is 11.0 Å². The molecule has 0 saturated carbocycles. The van der Waals surface area contributed by atoms with Crippen LogP contribution in [0.15, 0.2) is 40.5 Å². The van der Waals surface area contributed by atoms with Crippen LogP contribution in [-0.2, 0) is 11.3 Å². The molecular formula is C17H20BrN3O2S. The molecule has 0 spiro atoms. The van der Waals surface area contributed by atoms with E-state index in [1.54, 1.807) is 18.9 Å². The summed E-state index contributed by atoms with van der Waals surface area (Å²) in [5.41, 5.74) is 1.02. The molecule has 128 valence electrons. The van der Waals surface area contributed by atoms with Crippen LogP contribution in [0.25, 0.3) is 11.4 Å². The Morgan fingerprint density at radius 1 is 1.42 bits per heavy atom. The Balaban J connectivity index is 1.89. The van der Waals surface area contributed by atoms with Crippen LogP contribution in [0.1, 0.15) is 12.8 Å². The van der Waals surface area contributed by atoms with Crippen LogP contribution >= 0.6 is 27.7 Å². The normalized spacial score (nSPS) is 17.2. The first-order chi connectivity index (χ1) is 11.7. The van der Waals surface area contributed by atoms with Gasteiger partial charge in [-0.25, -0.2) is 0 Å². The fraction of sp³-hybridized carbons (Fsp3) is 0.412. The smallest absolute Gasteiger partial charge is 0.191 e. The van der Waals surface area contributed by atoms with E-state index in [-0.39, 0.29) is 6.10 Å². The Morgan fingerprint density at radius 3 is 2.83 bits per heavy atom.